The van der Waals surface area contributed by atoms with Crippen molar-refractivity contribution >= 4 is 9.84 Å². The van der Waals surface area contributed by atoms with Crippen molar-refractivity contribution < 1.29 is 8.42 Å². The molecule has 1 atom stereocenters. The van der Waals surface area contributed by atoms with E-state index in [-0.39, 0.29) is 11.8 Å². The molecule has 0 fully saturated rings. The summed E-state index contributed by atoms with van der Waals surface area (Å²) in [5, 5.41) is 3.50. The zero-order valence-electron chi connectivity index (χ0n) is 13.2. The van der Waals surface area contributed by atoms with Gasteiger partial charge in [0.05, 0.1) is 5.75 Å². The number of hydrogen-bond acceptors (Lipinski definition) is 3. The smallest absolute Gasteiger partial charge is 0.150 e. The molecule has 1 aliphatic carbocycles. The Hall–Kier alpha value is -0.870. The molecule has 1 unspecified atom stereocenters. The van der Waals surface area contributed by atoms with Gasteiger partial charge < -0.3 is 5.32 Å². The van der Waals surface area contributed by atoms with E-state index in [4.69, 9.17) is 0 Å². The monoisotopic (exact) mass is 309 g/mol. The molecule has 1 aromatic carbocycles. The third-order valence-electron chi connectivity index (χ3n) is 4.36. The number of sulfone groups is 1. The maximum absolute atomic E-state index is 11.6. The summed E-state index contributed by atoms with van der Waals surface area (Å²) in [5.41, 5.74) is 4.28. The molecule has 3 nitrogen and oxygen atoms in total. The van der Waals surface area contributed by atoms with Crippen molar-refractivity contribution in [2.24, 2.45) is 0 Å². The fourth-order valence-corrected chi connectivity index (χ4v) is 3.99. The topological polar surface area (TPSA) is 46.2 Å². The molecule has 0 saturated carbocycles. The highest BCUT2D eigenvalue weighted by atomic mass is 32.2. The maximum atomic E-state index is 11.6. The molecular formula is C17H27NO2S. The molecule has 0 aromatic heterocycles. The SMILES string of the molecule is CCNC(CCCS(=O)(=O)CC)c1ccc2c(c1)CCC2. The van der Waals surface area contributed by atoms with E-state index < -0.39 is 9.84 Å². The van der Waals surface area contributed by atoms with Crippen LogP contribution in [0.4, 0.5) is 0 Å². The number of hydrogen-bond donors (Lipinski definition) is 1. The van der Waals surface area contributed by atoms with Crippen LogP contribution in [0.2, 0.25) is 0 Å². The van der Waals surface area contributed by atoms with Crippen LogP contribution in [0.5, 0.6) is 0 Å². The van der Waals surface area contributed by atoms with Crippen LogP contribution in [0.1, 0.15) is 55.8 Å². The molecule has 0 radical (unpaired) electrons. The molecule has 1 aliphatic rings. The highest BCUT2D eigenvalue weighted by molar-refractivity contribution is 7.91. The van der Waals surface area contributed by atoms with E-state index in [0.29, 0.717) is 5.75 Å². The Labute approximate surface area is 129 Å². The summed E-state index contributed by atoms with van der Waals surface area (Å²) >= 11 is 0. The molecule has 21 heavy (non-hydrogen) atoms. The van der Waals surface area contributed by atoms with E-state index in [0.717, 1.165) is 19.4 Å². The van der Waals surface area contributed by atoms with Crippen molar-refractivity contribution in [2.75, 3.05) is 18.1 Å². The van der Waals surface area contributed by atoms with Gasteiger partial charge in [0.15, 0.2) is 0 Å². The van der Waals surface area contributed by atoms with Crippen molar-refractivity contribution in [1.29, 1.82) is 0 Å². The van der Waals surface area contributed by atoms with Gasteiger partial charge in [-0.1, -0.05) is 32.0 Å². The quantitative estimate of drug-likeness (QED) is 0.803. The first-order valence-corrected chi connectivity index (χ1v) is 9.93. The number of nitrogens with one attached hydrogen (secondary N) is 1. The normalized spacial score (nSPS) is 15.9. The van der Waals surface area contributed by atoms with Crippen LogP contribution in [-0.2, 0) is 22.7 Å². The predicted molar refractivity (Wildman–Crippen MR) is 88.4 cm³/mol. The van der Waals surface area contributed by atoms with Gasteiger partial charge in [-0.05, 0) is 55.3 Å². The van der Waals surface area contributed by atoms with Gasteiger partial charge in [-0.2, -0.15) is 0 Å². The van der Waals surface area contributed by atoms with Crippen LogP contribution in [-0.4, -0.2) is 26.5 Å². The number of fused-ring (bicyclic) bond motifs is 1. The van der Waals surface area contributed by atoms with Crippen molar-refractivity contribution in [3.63, 3.8) is 0 Å². The largest absolute Gasteiger partial charge is 0.310 e. The number of aryl methyl sites for hydroxylation is 2. The Morgan fingerprint density at radius 3 is 2.67 bits per heavy atom. The summed E-state index contributed by atoms with van der Waals surface area (Å²) in [5.74, 6) is 0.550. The Morgan fingerprint density at radius 2 is 1.95 bits per heavy atom. The van der Waals surface area contributed by atoms with Crippen LogP contribution in [0.25, 0.3) is 0 Å². The van der Waals surface area contributed by atoms with Gasteiger partial charge in [-0.25, -0.2) is 8.42 Å². The molecular weight excluding hydrogens is 282 g/mol. The molecule has 4 heteroatoms. The Morgan fingerprint density at radius 1 is 1.19 bits per heavy atom. The van der Waals surface area contributed by atoms with Gasteiger partial charge in [-0.3, -0.25) is 0 Å². The Kier molecular flexibility index (Phi) is 5.82. The van der Waals surface area contributed by atoms with Gasteiger partial charge in [0.1, 0.15) is 9.84 Å². The van der Waals surface area contributed by atoms with Crippen LogP contribution >= 0.6 is 0 Å². The molecule has 1 aromatic rings. The molecule has 1 N–H and O–H groups in total. The second-order valence-electron chi connectivity index (χ2n) is 5.87. The Balaban J connectivity index is 2.01. The lowest BCUT2D eigenvalue weighted by Crippen LogP contribution is -2.22. The van der Waals surface area contributed by atoms with Crippen molar-refractivity contribution in [3.05, 3.63) is 34.9 Å². The maximum Gasteiger partial charge on any atom is 0.150 e. The van der Waals surface area contributed by atoms with Crippen LogP contribution in [0.15, 0.2) is 18.2 Å². The summed E-state index contributed by atoms with van der Waals surface area (Å²) in [7, 11) is -2.85. The fraction of sp³-hybridized carbons (Fsp3) is 0.647. The summed E-state index contributed by atoms with van der Waals surface area (Å²) in [4.78, 5) is 0. The van der Waals surface area contributed by atoms with Gasteiger partial charge in [-0.15, -0.1) is 0 Å². The van der Waals surface area contributed by atoms with E-state index in [1.54, 1.807) is 6.92 Å². The zero-order valence-corrected chi connectivity index (χ0v) is 14.0. The average molecular weight is 309 g/mol. The first kappa shape index (κ1) is 16.5. The van der Waals surface area contributed by atoms with Crippen LogP contribution < -0.4 is 5.32 Å². The second-order valence-corrected chi connectivity index (χ2v) is 8.34. The number of rotatable bonds is 8. The van der Waals surface area contributed by atoms with E-state index >= 15 is 0 Å². The van der Waals surface area contributed by atoms with Gasteiger partial charge in [0.25, 0.3) is 0 Å². The molecule has 0 spiro atoms. The molecule has 0 bridgehead atoms. The summed E-state index contributed by atoms with van der Waals surface area (Å²) < 4.78 is 23.2. The first-order chi connectivity index (χ1) is 10.1. The highest BCUT2D eigenvalue weighted by Gasteiger charge is 2.16. The van der Waals surface area contributed by atoms with Crippen molar-refractivity contribution in [2.45, 2.75) is 52.0 Å². The van der Waals surface area contributed by atoms with E-state index in [2.05, 4.69) is 30.4 Å². The van der Waals surface area contributed by atoms with Crippen molar-refractivity contribution in [3.8, 4) is 0 Å². The fourth-order valence-electron chi connectivity index (χ4n) is 3.09. The van der Waals surface area contributed by atoms with Gasteiger partial charge in [0.2, 0.25) is 0 Å². The van der Waals surface area contributed by atoms with Gasteiger partial charge in [0, 0.05) is 11.8 Å². The summed E-state index contributed by atoms with van der Waals surface area (Å²) in [6.07, 6.45) is 5.26. The van der Waals surface area contributed by atoms with Crippen LogP contribution in [0.3, 0.4) is 0 Å². The number of benzene rings is 1. The molecule has 0 aliphatic heterocycles. The molecule has 118 valence electrons. The highest BCUT2D eigenvalue weighted by Crippen LogP contribution is 2.27. The van der Waals surface area contributed by atoms with E-state index in [9.17, 15) is 8.42 Å². The summed E-state index contributed by atoms with van der Waals surface area (Å²) in [6.45, 7) is 4.73. The molecule has 2 rings (SSSR count). The molecule has 0 amide bonds. The van der Waals surface area contributed by atoms with Crippen molar-refractivity contribution in [1.82, 2.24) is 5.32 Å². The lowest BCUT2D eigenvalue weighted by Gasteiger charge is -2.19. The molecule has 0 heterocycles. The standard InChI is InChI=1S/C17H27NO2S/c1-3-18-17(9-6-12-21(19,20)4-2)16-11-10-14-7-5-8-15(14)13-16/h10-11,13,17-18H,3-9,12H2,1-2H3. The average Bonchev–Trinajstić information content (AvgIpc) is 2.93. The Bertz CT molecular complexity index is 566. The lowest BCUT2D eigenvalue weighted by atomic mass is 9.98. The second kappa shape index (κ2) is 7.41. The minimum absolute atomic E-state index is 0.248. The molecule has 0 saturated heterocycles. The van der Waals surface area contributed by atoms with E-state index in [1.807, 2.05) is 0 Å². The van der Waals surface area contributed by atoms with Gasteiger partial charge >= 0.3 is 0 Å². The summed E-state index contributed by atoms with van der Waals surface area (Å²) in [6, 6.07) is 7.06. The van der Waals surface area contributed by atoms with Crippen LogP contribution in [0, 0.1) is 0 Å². The first-order valence-electron chi connectivity index (χ1n) is 8.11. The predicted octanol–water partition coefficient (Wildman–Crippen LogP) is 3.04. The van der Waals surface area contributed by atoms with E-state index in [1.165, 1.54) is 36.0 Å². The third kappa shape index (κ3) is 4.55. The minimum Gasteiger partial charge on any atom is -0.310 e. The zero-order chi connectivity index (χ0) is 15.3. The third-order valence-corrected chi connectivity index (χ3v) is 6.15. The minimum atomic E-state index is -2.85. The lowest BCUT2D eigenvalue weighted by molar-refractivity contribution is 0.506.